The molecule has 2 aliphatic rings. The van der Waals surface area contributed by atoms with Crippen LogP contribution in [0.1, 0.15) is 63.5 Å². The third kappa shape index (κ3) is 9.25. The number of aliphatic carboxylic acids is 1. The van der Waals surface area contributed by atoms with Crippen molar-refractivity contribution in [1.29, 1.82) is 0 Å². The van der Waals surface area contributed by atoms with Gasteiger partial charge in [-0.2, -0.15) is 0 Å². The van der Waals surface area contributed by atoms with E-state index in [2.05, 4.69) is 21.7 Å². The van der Waals surface area contributed by atoms with Gasteiger partial charge in [-0.25, -0.2) is 4.98 Å². The molecule has 170 valence electrons. The lowest BCUT2D eigenvalue weighted by Gasteiger charge is -2.24. The molecule has 3 N–H and O–H groups in total. The molecule has 2 fully saturated rings. The normalized spacial score (nSPS) is 15.7. The monoisotopic (exact) mass is 447 g/mol. The van der Waals surface area contributed by atoms with E-state index in [1.54, 1.807) is 0 Å². The number of carbonyl (C=O) groups is 1. The second-order valence-electron chi connectivity index (χ2n) is 7.46. The lowest BCUT2D eigenvalue weighted by Crippen LogP contribution is -2.34. The van der Waals surface area contributed by atoms with E-state index in [1.807, 2.05) is 44.3 Å². The summed E-state index contributed by atoms with van der Waals surface area (Å²) in [5.41, 5.74) is 3.72. The first-order valence-corrected chi connectivity index (χ1v) is 11.4. The van der Waals surface area contributed by atoms with Gasteiger partial charge < -0.3 is 20.5 Å². The molecular formula is C24H34ClN3O3. The minimum Gasteiger partial charge on any atom is -0.481 e. The molecule has 1 aliphatic heterocycles. The summed E-state index contributed by atoms with van der Waals surface area (Å²) in [6.45, 7) is 7.71. The highest BCUT2D eigenvalue weighted by Gasteiger charge is 2.27. The van der Waals surface area contributed by atoms with Crippen LogP contribution in [0.25, 0.3) is 0 Å². The molecule has 0 atom stereocenters. The maximum Gasteiger partial charge on any atom is 0.300 e. The Morgan fingerprint density at radius 1 is 1.19 bits per heavy atom. The molecule has 1 saturated carbocycles. The predicted octanol–water partition coefficient (Wildman–Crippen LogP) is 5.74. The first-order chi connectivity index (χ1) is 15.0. The Morgan fingerprint density at radius 3 is 2.48 bits per heavy atom. The van der Waals surface area contributed by atoms with Gasteiger partial charge in [0.25, 0.3) is 5.97 Å². The number of aromatic nitrogens is 1. The van der Waals surface area contributed by atoms with Crippen LogP contribution in [0.2, 0.25) is 5.02 Å². The van der Waals surface area contributed by atoms with Crippen molar-refractivity contribution < 1.29 is 14.6 Å². The van der Waals surface area contributed by atoms with Crippen LogP contribution in [0.5, 0.6) is 0 Å². The summed E-state index contributed by atoms with van der Waals surface area (Å²) in [5, 5.41) is 15.2. The van der Waals surface area contributed by atoms with Crippen LogP contribution in [-0.2, 0) is 16.1 Å². The Balaban J connectivity index is 0.000000513. The number of ether oxygens (including phenoxy) is 1. The molecule has 6 nitrogen and oxygen atoms in total. The van der Waals surface area contributed by atoms with Gasteiger partial charge in [-0.05, 0) is 67.0 Å². The van der Waals surface area contributed by atoms with Gasteiger partial charge in [0.1, 0.15) is 5.82 Å². The van der Waals surface area contributed by atoms with Crippen LogP contribution in [0.4, 0.5) is 11.5 Å². The lowest BCUT2D eigenvalue weighted by molar-refractivity contribution is -0.134. The highest BCUT2D eigenvalue weighted by molar-refractivity contribution is 6.30. The number of rotatable bonds is 6. The third-order valence-electron chi connectivity index (χ3n) is 4.94. The Hall–Kier alpha value is -2.15. The minimum atomic E-state index is -0.833. The molecule has 4 rings (SSSR count). The largest absolute Gasteiger partial charge is 0.481 e. The van der Waals surface area contributed by atoms with E-state index in [-0.39, 0.29) is 0 Å². The smallest absolute Gasteiger partial charge is 0.300 e. The molecule has 0 bridgehead atoms. The number of carboxylic acids is 1. The average molecular weight is 448 g/mol. The number of nitrogens with zero attached hydrogens (tertiary/aromatic N) is 1. The number of benzene rings is 1. The van der Waals surface area contributed by atoms with Gasteiger partial charge in [0.2, 0.25) is 0 Å². The summed E-state index contributed by atoms with van der Waals surface area (Å²) in [6.07, 6.45) is 6.78. The standard InChI is InChI=1S/C20H24ClN3O.C2H4O2.C2H6/c21-16-2-1-3-18(10-16)24-20-11-19(14-4-5-14)15(13-23-20)12-22-17-6-8-25-9-7-17;1-2(3)4;1-2/h1-3,10-11,13-14,17,22H,4-9,12H2,(H,23,24);1H3,(H,3,4);1-2H3. The maximum absolute atomic E-state index is 9.00. The molecule has 0 radical (unpaired) electrons. The van der Waals surface area contributed by atoms with Crippen molar-refractivity contribution in [2.75, 3.05) is 18.5 Å². The number of hydrogen-bond acceptors (Lipinski definition) is 5. The van der Waals surface area contributed by atoms with Gasteiger partial charge in [-0.1, -0.05) is 31.5 Å². The Bertz CT molecular complexity index is 817. The van der Waals surface area contributed by atoms with E-state index in [9.17, 15) is 0 Å². The van der Waals surface area contributed by atoms with Crippen molar-refractivity contribution in [1.82, 2.24) is 10.3 Å². The average Bonchev–Trinajstić information content (AvgIpc) is 3.60. The summed E-state index contributed by atoms with van der Waals surface area (Å²) >= 11 is 6.07. The second-order valence-corrected chi connectivity index (χ2v) is 7.90. The van der Waals surface area contributed by atoms with Crippen molar-refractivity contribution in [3.8, 4) is 0 Å². The molecule has 7 heteroatoms. The fraction of sp³-hybridized carbons (Fsp3) is 0.500. The zero-order chi connectivity index (χ0) is 22.6. The molecular weight excluding hydrogens is 414 g/mol. The Kier molecular flexibility index (Phi) is 10.8. The highest BCUT2D eigenvalue weighted by Crippen LogP contribution is 2.42. The fourth-order valence-corrected chi connectivity index (χ4v) is 3.55. The molecule has 31 heavy (non-hydrogen) atoms. The SMILES string of the molecule is CC.CC(=O)O.Clc1cccc(Nc2cc(C3CC3)c(CNC3CCOCC3)cn2)c1. The van der Waals surface area contributed by atoms with Crippen LogP contribution in [0.3, 0.4) is 0 Å². The number of anilines is 2. The predicted molar refractivity (Wildman–Crippen MR) is 126 cm³/mol. The van der Waals surface area contributed by atoms with E-state index in [4.69, 9.17) is 26.2 Å². The summed E-state index contributed by atoms with van der Waals surface area (Å²) < 4.78 is 5.43. The van der Waals surface area contributed by atoms with Gasteiger partial charge in [0.05, 0.1) is 0 Å². The van der Waals surface area contributed by atoms with Crippen molar-refractivity contribution >= 4 is 29.1 Å². The van der Waals surface area contributed by atoms with Crippen molar-refractivity contribution in [2.24, 2.45) is 0 Å². The molecule has 0 amide bonds. The molecule has 1 aliphatic carbocycles. The Morgan fingerprint density at radius 2 is 1.87 bits per heavy atom. The summed E-state index contributed by atoms with van der Waals surface area (Å²) in [5.74, 6) is 0.744. The first-order valence-electron chi connectivity index (χ1n) is 11.0. The van der Waals surface area contributed by atoms with E-state index in [0.717, 1.165) is 56.1 Å². The van der Waals surface area contributed by atoms with Crippen LogP contribution in [0, 0.1) is 0 Å². The third-order valence-corrected chi connectivity index (χ3v) is 5.17. The van der Waals surface area contributed by atoms with E-state index in [0.29, 0.717) is 12.0 Å². The van der Waals surface area contributed by atoms with Crippen LogP contribution in [0.15, 0.2) is 36.5 Å². The van der Waals surface area contributed by atoms with Gasteiger partial charge >= 0.3 is 0 Å². The molecule has 2 heterocycles. The van der Waals surface area contributed by atoms with Gasteiger partial charge in [0, 0.05) is 49.6 Å². The maximum atomic E-state index is 9.00. The molecule has 2 aromatic rings. The number of pyridine rings is 1. The number of halogens is 1. The zero-order valence-electron chi connectivity index (χ0n) is 18.7. The number of hydrogen-bond donors (Lipinski definition) is 3. The van der Waals surface area contributed by atoms with E-state index >= 15 is 0 Å². The molecule has 1 saturated heterocycles. The van der Waals surface area contributed by atoms with Gasteiger partial charge in [-0.15, -0.1) is 0 Å². The fourth-order valence-electron chi connectivity index (χ4n) is 3.36. The number of nitrogens with one attached hydrogen (secondary N) is 2. The quantitative estimate of drug-likeness (QED) is 0.523. The molecule has 1 aromatic heterocycles. The topological polar surface area (TPSA) is 83.5 Å². The first kappa shape index (κ1) is 25.1. The molecule has 0 unspecified atom stereocenters. The second kappa shape index (κ2) is 13.3. The van der Waals surface area contributed by atoms with Crippen LogP contribution >= 0.6 is 11.6 Å². The van der Waals surface area contributed by atoms with Crippen LogP contribution < -0.4 is 10.6 Å². The van der Waals surface area contributed by atoms with Crippen molar-refractivity contribution in [3.05, 3.63) is 52.7 Å². The summed E-state index contributed by atoms with van der Waals surface area (Å²) in [7, 11) is 0. The van der Waals surface area contributed by atoms with Crippen molar-refractivity contribution in [2.45, 2.75) is 65.0 Å². The lowest BCUT2D eigenvalue weighted by atomic mass is 10.0. The minimum absolute atomic E-state index is 0.560. The van der Waals surface area contributed by atoms with Crippen LogP contribution in [-0.4, -0.2) is 35.3 Å². The Labute approximate surface area is 190 Å². The van der Waals surface area contributed by atoms with E-state index in [1.165, 1.54) is 24.0 Å². The zero-order valence-corrected chi connectivity index (χ0v) is 19.4. The van der Waals surface area contributed by atoms with Gasteiger partial charge in [-0.3, -0.25) is 4.79 Å². The number of carboxylic acid groups (broad SMARTS) is 1. The molecule has 0 spiro atoms. The van der Waals surface area contributed by atoms with Crippen molar-refractivity contribution in [3.63, 3.8) is 0 Å². The van der Waals surface area contributed by atoms with E-state index < -0.39 is 5.97 Å². The summed E-state index contributed by atoms with van der Waals surface area (Å²) in [4.78, 5) is 13.6. The van der Waals surface area contributed by atoms with Gasteiger partial charge in [0.15, 0.2) is 0 Å². The molecule has 1 aromatic carbocycles. The highest BCUT2D eigenvalue weighted by atomic mass is 35.5. The summed E-state index contributed by atoms with van der Waals surface area (Å²) in [6, 6.07) is 10.5.